The third kappa shape index (κ3) is 3.20. The zero-order valence-electron chi connectivity index (χ0n) is 9.60. The van der Waals surface area contributed by atoms with Crippen LogP contribution in [0.15, 0.2) is 30.3 Å². The van der Waals surface area contributed by atoms with E-state index in [-0.39, 0.29) is 6.29 Å². The lowest BCUT2D eigenvalue weighted by molar-refractivity contribution is -0.190. The van der Waals surface area contributed by atoms with Crippen LogP contribution in [0.4, 0.5) is 5.69 Å². The first-order chi connectivity index (χ1) is 7.72. The van der Waals surface area contributed by atoms with E-state index >= 15 is 0 Å². The minimum absolute atomic E-state index is 0.298. The topological polar surface area (TPSA) is 43.0 Å². The molecule has 1 N–H and O–H groups in total. The molecule has 1 fully saturated rings. The van der Waals surface area contributed by atoms with Crippen molar-refractivity contribution in [1.82, 2.24) is 0 Å². The lowest BCUT2D eigenvalue weighted by Gasteiger charge is -2.19. The number of ether oxygens (including phenoxy) is 2. The summed E-state index contributed by atoms with van der Waals surface area (Å²) in [4.78, 5) is 5.44. The van der Waals surface area contributed by atoms with Gasteiger partial charge in [-0.05, 0) is 25.5 Å². The average molecular weight is 223 g/mol. The molecule has 0 amide bonds. The number of nitrogens with one attached hydrogen (secondary N) is 1. The molecule has 2 rings (SSSR count). The van der Waals surface area contributed by atoms with Gasteiger partial charge >= 0.3 is 0 Å². The molecule has 0 saturated carbocycles. The van der Waals surface area contributed by atoms with Crippen LogP contribution in [0.5, 0.6) is 0 Å². The molecular formula is C12H17NO3. The predicted molar refractivity (Wildman–Crippen MR) is 60.7 cm³/mol. The summed E-state index contributed by atoms with van der Waals surface area (Å²) in [5.41, 5.74) is 3.77. The van der Waals surface area contributed by atoms with Gasteiger partial charge in [-0.25, -0.2) is 4.84 Å². The SMILES string of the molecule is CCC(ONc1ccccc1)OC1(C)CO1. The second-order valence-corrected chi connectivity index (χ2v) is 3.96. The normalized spacial score (nSPS) is 25.1. The van der Waals surface area contributed by atoms with Crippen molar-refractivity contribution in [3.8, 4) is 0 Å². The molecule has 1 aromatic carbocycles. The van der Waals surface area contributed by atoms with Crippen molar-refractivity contribution in [3.63, 3.8) is 0 Å². The van der Waals surface area contributed by atoms with E-state index in [9.17, 15) is 0 Å². The summed E-state index contributed by atoms with van der Waals surface area (Å²) in [5.74, 6) is -0.445. The lowest BCUT2D eigenvalue weighted by Crippen LogP contribution is -2.26. The van der Waals surface area contributed by atoms with Crippen LogP contribution in [0.3, 0.4) is 0 Å². The molecule has 88 valence electrons. The van der Waals surface area contributed by atoms with Crippen LogP contribution in [0.2, 0.25) is 0 Å². The molecule has 2 atom stereocenters. The van der Waals surface area contributed by atoms with Gasteiger partial charge in [0.2, 0.25) is 0 Å². The monoisotopic (exact) mass is 223 g/mol. The molecule has 4 heteroatoms. The fourth-order valence-electron chi connectivity index (χ4n) is 1.28. The quantitative estimate of drug-likeness (QED) is 0.457. The van der Waals surface area contributed by atoms with Crippen molar-refractivity contribution in [2.24, 2.45) is 0 Å². The Bertz CT molecular complexity index is 324. The van der Waals surface area contributed by atoms with Crippen LogP contribution >= 0.6 is 0 Å². The molecule has 1 aliphatic rings. The van der Waals surface area contributed by atoms with Gasteiger partial charge in [-0.2, -0.15) is 0 Å². The van der Waals surface area contributed by atoms with E-state index in [0.29, 0.717) is 6.61 Å². The first-order valence-corrected chi connectivity index (χ1v) is 5.50. The van der Waals surface area contributed by atoms with Gasteiger partial charge in [0.05, 0.1) is 5.69 Å². The van der Waals surface area contributed by atoms with Crippen LogP contribution in [-0.4, -0.2) is 18.7 Å². The number of hydrogen-bond donors (Lipinski definition) is 1. The van der Waals surface area contributed by atoms with Crippen LogP contribution in [0.25, 0.3) is 0 Å². The number of anilines is 1. The van der Waals surface area contributed by atoms with Gasteiger partial charge in [0.15, 0.2) is 12.1 Å². The van der Waals surface area contributed by atoms with E-state index in [2.05, 4.69) is 5.48 Å². The van der Waals surface area contributed by atoms with E-state index in [1.165, 1.54) is 0 Å². The van der Waals surface area contributed by atoms with Crippen LogP contribution in [-0.2, 0) is 14.3 Å². The fraction of sp³-hybridized carbons (Fsp3) is 0.500. The molecule has 1 saturated heterocycles. The average Bonchev–Trinajstić information content (AvgIpc) is 3.04. The van der Waals surface area contributed by atoms with Gasteiger partial charge in [-0.15, -0.1) is 0 Å². The highest BCUT2D eigenvalue weighted by Gasteiger charge is 2.43. The maximum atomic E-state index is 5.61. The minimum Gasteiger partial charge on any atom is -0.342 e. The Labute approximate surface area is 95.5 Å². The Hall–Kier alpha value is -1.10. The summed E-state index contributed by atoms with van der Waals surface area (Å²) in [6, 6.07) is 9.71. The van der Waals surface area contributed by atoms with Gasteiger partial charge in [0.25, 0.3) is 0 Å². The fourth-order valence-corrected chi connectivity index (χ4v) is 1.28. The largest absolute Gasteiger partial charge is 0.342 e. The molecule has 0 radical (unpaired) electrons. The smallest absolute Gasteiger partial charge is 0.192 e. The second-order valence-electron chi connectivity index (χ2n) is 3.96. The van der Waals surface area contributed by atoms with Gasteiger partial charge in [0.1, 0.15) is 6.61 Å². The highest BCUT2D eigenvalue weighted by molar-refractivity contribution is 5.39. The second kappa shape index (κ2) is 4.82. The number of hydrogen-bond acceptors (Lipinski definition) is 4. The highest BCUT2D eigenvalue weighted by Crippen LogP contribution is 2.29. The molecule has 1 aromatic rings. The standard InChI is InChI=1S/C12H17NO3/c1-3-11(15-12(2)9-14-12)16-13-10-7-5-4-6-8-10/h4-8,11,13H,3,9H2,1-2H3. The summed E-state index contributed by atoms with van der Waals surface area (Å²) in [7, 11) is 0. The van der Waals surface area contributed by atoms with Crippen molar-refractivity contribution >= 4 is 5.69 Å². The Kier molecular flexibility index (Phi) is 3.43. The van der Waals surface area contributed by atoms with E-state index in [1.54, 1.807) is 0 Å². The summed E-state index contributed by atoms with van der Waals surface area (Å²) in [5, 5.41) is 0. The molecule has 16 heavy (non-hydrogen) atoms. The molecule has 1 heterocycles. The summed E-state index contributed by atoms with van der Waals surface area (Å²) in [6.07, 6.45) is 0.464. The predicted octanol–water partition coefficient (Wildman–Crippen LogP) is 2.53. The zero-order chi connectivity index (χ0) is 11.4. The number of benzene rings is 1. The zero-order valence-corrected chi connectivity index (χ0v) is 9.60. The summed E-state index contributed by atoms with van der Waals surface area (Å²) >= 11 is 0. The third-order valence-electron chi connectivity index (χ3n) is 2.35. The summed E-state index contributed by atoms with van der Waals surface area (Å²) < 4.78 is 10.8. The Morgan fingerprint density at radius 3 is 2.69 bits per heavy atom. The minimum atomic E-state index is -0.445. The lowest BCUT2D eigenvalue weighted by atomic mass is 10.3. The van der Waals surface area contributed by atoms with Crippen LogP contribution < -0.4 is 5.48 Å². The molecule has 0 aliphatic carbocycles. The first-order valence-electron chi connectivity index (χ1n) is 5.50. The number of rotatable bonds is 6. The molecule has 2 unspecified atom stereocenters. The third-order valence-corrected chi connectivity index (χ3v) is 2.35. The van der Waals surface area contributed by atoms with Gasteiger partial charge in [-0.3, -0.25) is 5.48 Å². The molecule has 1 aliphatic heterocycles. The van der Waals surface area contributed by atoms with Crippen LogP contribution in [0.1, 0.15) is 20.3 Å². The molecule has 0 bridgehead atoms. The van der Waals surface area contributed by atoms with Crippen molar-refractivity contribution in [3.05, 3.63) is 30.3 Å². The van der Waals surface area contributed by atoms with Gasteiger partial charge in [0, 0.05) is 0 Å². The number of epoxide rings is 1. The molecule has 0 spiro atoms. The van der Waals surface area contributed by atoms with Gasteiger partial charge < -0.3 is 9.47 Å². The summed E-state index contributed by atoms with van der Waals surface area (Å²) in [6.45, 7) is 4.54. The van der Waals surface area contributed by atoms with Crippen molar-refractivity contribution < 1.29 is 14.3 Å². The Balaban J connectivity index is 1.79. The number of para-hydroxylation sites is 1. The van der Waals surface area contributed by atoms with E-state index in [1.807, 2.05) is 44.2 Å². The van der Waals surface area contributed by atoms with Gasteiger partial charge in [-0.1, -0.05) is 25.1 Å². The van der Waals surface area contributed by atoms with Crippen molar-refractivity contribution in [1.29, 1.82) is 0 Å². The molecule has 4 nitrogen and oxygen atoms in total. The Morgan fingerprint density at radius 1 is 1.44 bits per heavy atom. The highest BCUT2D eigenvalue weighted by atomic mass is 16.9. The van der Waals surface area contributed by atoms with Crippen LogP contribution in [0, 0.1) is 0 Å². The van der Waals surface area contributed by atoms with E-state index in [0.717, 1.165) is 12.1 Å². The first kappa shape index (κ1) is 11.4. The molecular weight excluding hydrogens is 206 g/mol. The van der Waals surface area contributed by atoms with Crippen molar-refractivity contribution in [2.75, 3.05) is 12.1 Å². The van der Waals surface area contributed by atoms with Crippen molar-refractivity contribution in [2.45, 2.75) is 32.3 Å². The molecule has 0 aromatic heterocycles. The van der Waals surface area contributed by atoms with E-state index in [4.69, 9.17) is 14.3 Å². The maximum Gasteiger partial charge on any atom is 0.192 e. The maximum absolute atomic E-state index is 5.61. The van der Waals surface area contributed by atoms with E-state index < -0.39 is 5.79 Å². The Morgan fingerprint density at radius 2 is 2.12 bits per heavy atom.